The van der Waals surface area contributed by atoms with Crippen molar-refractivity contribution >= 4 is 28.3 Å². The van der Waals surface area contributed by atoms with E-state index in [0.717, 1.165) is 11.6 Å². The molecule has 2 aromatic carbocycles. The van der Waals surface area contributed by atoms with Gasteiger partial charge in [0.2, 0.25) is 0 Å². The van der Waals surface area contributed by atoms with Gasteiger partial charge in [-0.1, -0.05) is 23.7 Å². The van der Waals surface area contributed by atoms with Crippen LogP contribution in [-0.4, -0.2) is 15.0 Å². The van der Waals surface area contributed by atoms with Crippen molar-refractivity contribution in [3.8, 4) is 22.4 Å². The Hall–Kier alpha value is -3.12. The van der Waals surface area contributed by atoms with Crippen molar-refractivity contribution in [2.24, 2.45) is 0 Å². The van der Waals surface area contributed by atoms with E-state index in [1.807, 2.05) is 12.1 Å². The van der Waals surface area contributed by atoms with Gasteiger partial charge in [0.15, 0.2) is 5.82 Å². The summed E-state index contributed by atoms with van der Waals surface area (Å²) in [5, 5.41) is 0.118. The molecule has 0 aliphatic rings. The average Bonchev–Trinajstić information content (AvgIpc) is 2.67. The van der Waals surface area contributed by atoms with Gasteiger partial charge >= 0.3 is 0 Å². The van der Waals surface area contributed by atoms with Gasteiger partial charge in [-0.15, -0.1) is 0 Å². The first-order chi connectivity index (χ1) is 12.6. The molecule has 0 saturated carbocycles. The van der Waals surface area contributed by atoms with Crippen LogP contribution in [0.2, 0.25) is 5.02 Å². The van der Waals surface area contributed by atoms with Crippen molar-refractivity contribution in [3.05, 3.63) is 71.6 Å². The zero-order valence-corrected chi connectivity index (χ0v) is 14.0. The van der Waals surface area contributed by atoms with Crippen LogP contribution in [0.15, 0.2) is 55.0 Å². The van der Waals surface area contributed by atoms with Crippen LogP contribution >= 0.6 is 11.6 Å². The molecule has 4 aromatic rings. The number of nitrogen functional groups attached to an aromatic ring is 1. The molecule has 4 nitrogen and oxygen atoms in total. The van der Waals surface area contributed by atoms with Gasteiger partial charge in [-0.05, 0) is 35.9 Å². The van der Waals surface area contributed by atoms with E-state index < -0.39 is 16.7 Å². The molecule has 0 fully saturated rings. The fraction of sp³-hybridized carbons (Fsp3) is 0. The number of hydrogen-bond donors (Lipinski definition) is 1. The predicted molar refractivity (Wildman–Crippen MR) is 97.5 cm³/mol. The van der Waals surface area contributed by atoms with E-state index in [4.69, 9.17) is 17.3 Å². The van der Waals surface area contributed by atoms with E-state index in [0.29, 0.717) is 28.0 Å². The number of rotatable bonds is 2. The predicted octanol–water partition coefficient (Wildman–Crippen LogP) is 4.87. The Bertz CT molecular complexity index is 1150. The Morgan fingerprint density at radius 2 is 1.77 bits per heavy atom. The van der Waals surface area contributed by atoms with Crippen LogP contribution in [0, 0.1) is 11.6 Å². The maximum Gasteiger partial charge on any atom is 0.154 e. The highest BCUT2D eigenvalue weighted by molar-refractivity contribution is 6.31. The molecule has 0 spiro atoms. The molecule has 7 heteroatoms. The van der Waals surface area contributed by atoms with Crippen molar-refractivity contribution in [1.29, 1.82) is 0 Å². The first-order valence-electron chi connectivity index (χ1n) is 7.66. The van der Waals surface area contributed by atoms with Gasteiger partial charge in [-0.3, -0.25) is 4.98 Å². The number of pyridine rings is 1. The summed E-state index contributed by atoms with van der Waals surface area (Å²) in [7, 11) is 0. The maximum absolute atomic E-state index is 14.5. The van der Waals surface area contributed by atoms with E-state index in [1.54, 1.807) is 18.2 Å². The third-order valence-electron chi connectivity index (χ3n) is 4.08. The molecule has 0 radical (unpaired) electrons. The number of benzene rings is 2. The minimum atomic E-state index is -0.852. The molecule has 2 aromatic heterocycles. The summed E-state index contributed by atoms with van der Waals surface area (Å²) in [6, 6.07) is 11.4. The number of halogens is 3. The van der Waals surface area contributed by atoms with Crippen LogP contribution in [0.3, 0.4) is 0 Å². The van der Waals surface area contributed by atoms with E-state index in [9.17, 15) is 8.78 Å². The first kappa shape index (κ1) is 16.4. The molecular weight excluding hydrogens is 358 g/mol. The highest BCUT2D eigenvalue weighted by Gasteiger charge is 2.17. The summed E-state index contributed by atoms with van der Waals surface area (Å²) in [4.78, 5) is 12.4. The topological polar surface area (TPSA) is 64.7 Å². The molecule has 0 aliphatic carbocycles. The van der Waals surface area contributed by atoms with Crippen molar-refractivity contribution in [2.75, 3.05) is 5.73 Å². The van der Waals surface area contributed by atoms with Gasteiger partial charge in [0.1, 0.15) is 23.0 Å². The van der Waals surface area contributed by atoms with Crippen LogP contribution < -0.4 is 5.73 Å². The number of fused-ring (bicyclic) bond motifs is 1. The van der Waals surface area contributed by atoms with Crippen molar-refractivity contribution in [2.45, 2.75) is 0 Å². The lowest BCUT2D eigenvalue weighted by Gasteiger charge is -2.11. The van der Waals surface area contributed by atoms with Gasteiger partial charge in [0, 0.05) is 22.7 Å². The molecule has 26 heavy (non-hydrogen) atoms. The monoisotopic (exact) mass is 368 g/mol. The van der Waals surface area contributed by atoms with Crippen LogP contribution in [-0.2, 0) is 0 Å². The number of nitrogens with zero attached hydrogens (tertiary/aromatic N) is 3. The summed E-state index contributed by atoms with van der Waals surface area (Å²) in [5.41, 5.74) is 8.49. The standard InChI is InChI=1S/C19H11ClF2N4/c20-16-14(21)5-4-12(17(16)22)18-11(2-1-7-24-18)10-3-6-15-13(8-10)19(23)26-9-25-15/h1-9H,(H2,23,25,26). The van der Waals surface area contributed by atoms with Crippen molar-refractivity contribution < 1.29 is 8.78 Å². The summed E-state index contributed by atoms with van der Waals surface area (Å²) in [6.45, 7) is 0. The Balaban J connectivity index is 1.95. The van der Waals surface area contributed by atoms with Gasteiger partial charge < -0.3 is 5.73 Å². The quantitative estimate of drug-likeness (QED) is 0.512. The number of nitrogens with two attached hydrogens (primary N) is 1. The van der Waals surface area contributed by atoms with Crippen LogP contribution in [0.1, 0.15) is 0 Å². The first-order valence-corrected chi connectivity index (χ1v) is 8.03. The number of aromatic nitrogens is 3. The molecule has 0 unspecified atom stereocenters. The third kappa shape index (κ3) is 2.64. The minimum absolute atomic E-state index is 0.115. The van der Waals surface area contributed by atoms with E-state index in [2.05, 4.69) is 15.0 Å². The number of anilines is 1. The molecule has 128 valence electrons. The average molecular weight is 369 g/mol. The number of hydrogen-bond acceptors (Lipinski definition) is 4. The lowest BCUT2D eigenvalue weighted by atomic mass is 9.98. The minimum Gasteiger partial charge on any atom is -0.383 e. The molecular formula is C19H11ClF2N4. The Kier molecular flexibility index (Phi) is 3.97. The second-order valence-corrected chi connectivity index (χ2v) is 5.99. The second kappa shape index (κ2) is 6.31. The Labute approximate surface area is 152 Å². The second-order valence-electron chi connectivity index (χ2n) is 5.61. The smallest absolute Gasteiger partial charge is 0.154 e. The molecule has 2 heterocycles. The molecule has 2 N–H and O–H groups in total. The summed E-state index contributed by atoms with van der Waals surface area (Å²) in [6.07, 6.45) is 2.93. The Morgan fingerprint density at radius 3 is 2.62 bits per heavy atom. The van der Waals surface area contributed by atoms with E-state index in [1.165, 1.54) is 18.6 Å². The zero-order valence-electron chi connectivity index (χ0n) is 13.2. The normalized spacial score (nSPS) is 11.0. The summed E-state index contributed by atoms with van der Waals surface area (Å²) < 4.78 is 28.0. The molecule has 0 amide bonds. The largest absolute Gasteiger partial charge is 0.383 e. The van der Waals surface area contributed by atoms with Crippen LogP contribution in [0.25, 0.3) is 33.3 Å². The van der Waals surface area contributed by atoms with Crippen LogP contribution in [0.4, 0.5) is 14.6 Å². The fourth-order valence-electron chi connectivity index (χ4n) is 2.81. The third-order valence-corrected chi connectivity index (χ3v) is 4.42. The van der Waals surface area contributed by atoms with Gasteiger partial charge in [0.05, 0.1) is 11.2 Å². The van der Waals surface area contributed by atoms with Crippen LogP contribution in [0.5, 0.6) is 0 Å². The summed E-state index contributed by atoms with van der Waals surface area (Å²) in [5.74, 6) is -1.32. The van der Waals surface area contributed by atoms with Gasteiger partial charge in [-0.2, -0.15) is 0 Å². The molecule has 0 saturated heterocycles. The fourth-order valence-corrected chi connectivity index (χ4v) is 2.97. The highest BCUT2D eigenvalue weighted by Crippen LogP contribution is 2.36. The van der Waals surface area contributed by atoms with Crippen molar-refractivity contribution in [1.82, 2.24) is 15.0 Å². The molecule has 0 aliphatic heterocycles. The van der Waals surface area contributed by atoms with Crippen molar-refractivity contribution in [3.63, 3.8) is 0 Å². The van der Waals surface area contributed by atoms with E-state index >= 15 is 0 Å². The molecule has 0 bridgehead atoms. The SMILES string of the molecule is Nc1ncnc2ccc(-c3cccnc3-c3ccc(F)c(Cl)c3F)cc12. The lowest BCUT2D eigenvalue weighted by molar-refractivity contribution is 0.586. The van der Waals surface area contributed by atoms with Gasteiger partial charge in [-0.25, -0.2) is 18.7 Å². The molecule has 0 atom stereocenters. The van der Waals surface area contributed by atoms with Gasteiger partial charge in [0.25, 0.3) is 0 Å². The highest BCUT2D eigenvalue weighted by atomic mass is 35.5. The summed E-state index contributed by atoms with van der Waals surface area (Å²) >= 11 is 5.72. The Morgan fingerprint density at radius 1 is 0.923 bits per heavy atom. The molecule has 4 rings (SSSR count). The maximum atomic E-state index is 14.5. The zero-order chi connectivity index (χ0) is 18.3. The lowest BCUT2D eigenvalue weighted by Crippen LogP contribution is -1.96. The van der Waals surface area contributed by atoms with E-state index in [-0.39, 0.29) is 5.56 Å².